The molecule has 2 N–H and O–H groups in total. The largest absolute Gasteiger partial charge is 0.360 e. The lowest BCUT2D eigenvalue weighted by Gasteiger charge is -2.45. The first-order valence-electron chi connectivity index (χ1n) is 10.0. The highest BCUT2D eigenvalue weighted by molar-refractivity contribution is 7.80. The average Bonchev–Trinajstić information content (AvgIpc) is 3.36. The number of carbonyl (C=O) groups is 1. The fraction of sp³-hybridized carbons (Fsp3) is 0.895. The number of amides is 1. The lowest BCUT2D eigenvalue weighted by Crippen LogP contribution is -2.61. The fourth-order valence-electron chi connectivity index (χ4n) is 4.08. The van der Waals surface area contributed by atoms with Crippen molar-refractivity contribution in [2.75, 3.05) is 19.6 Å². The van der Waals surface area contributed by atoms with Gasteiger partial charge < -0.3 is 15.1 Å². The SMILES string of the molecule is CC[C@H](C)[C@H]1NC2(CCN(C(=S)NC(C)C)CC2)N(CC2CC2)C1=O. The van der Waals surface area contributed by atoms with E-state index >= 15 is 0 Å². The average molecular weight is 367 g/mol. The van der Waals surface area contributed by atoms with Crippen molar-refractivity contribution >= 4 is 23.2 Å². The van der Waals surface area contributed by atoms with Crippen molar-refractivity contribution in [3.05, 3.63) is 0 Å². The van der Waals surface area contributed by atoms with Crippen LogP contribution in [0, 0.1) is 11.8 Å². The van der Waals surface area contributed by atoms with Gasteiger partial charge in [-0.05, 0) is 50.7 Å². The highest BCUT2D eigenvalue weighted by Crippen LogP contribution is 2.39. The molecule has 2 aliphatic heterocycles. The molecule has 0 radical (unpaired) electrons. The van der Waals surface area contributed by atoms with E-state index in [1.165, 1.54) is 12.8 Å². The molecule has 3 aliphatic rings. The third-order valence-electron chi connectivity index (χ3n) is 6.11. The summed E-state index contributed by atoms with van der Waals surface area (Å²) in [6.07, 6.45) is 5.51. The summed E-state index contributed by atoms with van der Waals surface area (Å²) >= 11 is 5.54. The van der Waals surface area contributed by atoms with Gasteiger partial charge in [-0.1, -0.05) is 20.3 Å². The first-order chi connectivity index (χ1) is 11.9. The van der Waals surface area contributed by atoms with E-state index in [2.05, 4.69) is 48.1 Å². The second-order valence-electron chi connectivity index (χ2n) is 8.52. The zero-order valence-electron chi connectivity index (χ0n) is 16.2. The minimum Gasteiger partial charge on any atom is -0.360 e. The molecule has 25 heavy (non-hydrogen) atoms. The molecule has 0 unspecified atom stereocenters. The third kappa shape index (κ3) is 3.95. The number of hydrogen-bond donors (Lipinski definition) is 2. The Labute approximate surface area is 157 Å². The first kappa shape index (κ1) is 18.9. The maximum Gasteiger partial charge on any atom is 0.241 e. The summed E-state index contributed by atoms with van der Waals surface area (Å²) < 4.78 is 0. The Bertz CT molecular complexity index is 512. The van der Waals surface area contributed by atoms with Gasteiger partial charge in [-0.3, -0.25) is 10.1 Å². The summed E-state index contributed by atoms with van der Waals surface area (Å²) in [6.45, 7) is 11.4. The predicted molar refractivity (Wildman–Crippen MR) is 105 cm³/mol. The number of nitrogens with zero attached hydrogens (tertiary/aromatic N) is 2. The number of hydrogen-bond acceptors (Lipinski definition) is 3. The summed E-state index contributed by atoms with van der Waals surface area (Å²) in [5.74, 6) is 1.44. The highest BCUT2D eigenvalue weighted by Gasteiger charge is 2.53. The number of thiocarbonyl (C=S) groups is 1. The molecular formula is C19H34N4OS. The van der Waals surface area contributed by atoms with Crippen LogP contribution in [0.5, 0.6) is 0 Å². The van der Waals surface area contributed by atoms with Gasteiger partial charge in [0, 0.05) is 38.5 Å². The lowest BCUT2D eigenvalue weighted by molar-refractivity contribution is -0.134. The molecule has 1 spiro atoms. The molecular weight excluding hydrogens is 332 g/mol. The van der Waals surface area contributed by atoms with E-state index in [0.717, 1.165) is 49.9 Å². The zero-order valence-corrected chi connectivity index (χ0v) is 17.0. The zero-order chi connectivity index (χ0) is 18.2. The smallest absolute Gasteiger partial charge is 0.241 e. The van der Waals surface area contributed by atoms with Gasteiger partial charge >= 0.3 is 0 Å². The van der Waals surface area contributed by atoms with Crippen molar-refractivity contribution in [3.63, 3.8) is 0 Å². The molecule has 0 aromatic heterocycles. The maximum atomic E-state index is 13.1. The van der Waals surface area contributed by atoms with Gasteiger partial charge in [0.2, 0.25) is 5.91 Å². The third-order valence-corrected chi connectivity index (χ3v) is 6.49. The van der Waals surface area contributed by atoms with Crippen LogP contribution >= 0.6 is 12.2 Å². The molecule has 1 saturated carbocycles. The second-order valence-corrected chi connectivity index (χ2v) is 8.91. The van der Waals surface area contributed by atoms with Crippen molar-refractivity contribution in [2.24, 2.45) is 11.8 Å². The quantitative estimate of drug-likeness (QED) is 0.731. The molecule has 1 aliphatic carbocycles. The topological polar surface area (TPSA) is 47.6 Å². The summed E-state index contributed by atoms with van der Waals surface area (Å²) in [5.41, 5.74) is -0.155. The lowest BCUT2D eigenvalue weighted by atomic mass is 9.95. The standard InChI is InChI=1S/C19H34N4OS/c1-5-14(4)16-17(24)23(12-15-6-7-15)19(21-16)8-10-22(11-9-19)18(25)20-13(2)3/h13-16,21H,5-12H2,1-4H3,(H,20,25)/t14-,16+/m0/s1. The van der Waals surface area contributed by atoms with Crippen LogP contribution in [0.15, 0.2) is 0 Å². The molecule has 1 amide bonds. The predicted octanol–water partition coefficient (Wildman–Crippen LogP) is 2.32. The summed E-state index contributed by atoms with van der Waals surface area (Å²) in [6, 6.07) is 0.340. The number of nitrogens with one attached hydrogen (secondary N) is 2. The Balaban J connectivity index is 1.70. The molecule has 142 valence electrons. The number of piperidine rings is 1. The van der Waals surface area contributed by atoms with Gasteiger partial charge in [0.1, 0.15) is 0 Å². The van der Waals surface area contributed by atoms with E-state index in [1.54, 1.807) is 0 Å². The van der Waals surface area contributed by atoms with Gasteiger partial charge in [0.05, 0.1) is 11.7 Å². The Kier molecular flexibility index (Phi) is 5.59. The molecule has 2 atom stereocenters. The van der Waals surface area contributed by atoms with E-state index in [1.807, 2.05) is 0 Å². The summed E-state index contributed by atoms with van der Waals surface area (Å²) in [7, 11) is 0. The summed E-state index contributed by atoms with van der Waals surface area (Å²) in [5, 5.41) is 7.97. The number of rotatable bonds is 5. The van der Waals surface area contributed by atoms with Crippen LogP contribution in [0.4, 0.5) is 0 Å². The molecule has 5 nitrogen and oxygen atoms in total. The van der Waals surface area contributed by atoms with E-state index < -0.39 is 0 Å². The minimum absolute atomic E-state index is 0.0176. The van der Waals surface area contributed by atoms with Crippen LogP contribution in [-0.2, 0) is 4.79 Å². The molecule has 3 rings (SSSR count). The number of likely N-dealkylation sites (tertiary alicyclic amines) is 1. The van der Waals surface area contributed by atoms with Gasteiger partial charge in [0.25, 0.3) is 0 Å². The maximum absolute atomic E-state index is 13.1. The van der Waals surface area contributed by atoms with Crippen LogP contribution in [0.3, 0.4) is 0 Å². The van der Waals surface area contributed by atoms with E-state index in [9.17, 15) is 4.79 Å². The van der Waals surface area contributed by atoms with Gasteiger partial charge in [-0.15, -0.1) is 0 Å². The first-order valence-corrected chi connectivity index (χ1v) is 10.4. The molecule has 6 heteroatoms. The van der Waals surface area contributed by atoms with Crippen LogP contribution in [0.2, 0.25) is 0 Å². The Morgan fingerprint density at radius 1 is 1.32 bits per heavy atom. The van der Waals surface area contributed by atoms with Crippen molar-refractivity contribution in [3.8, 4) is 0 Å². The van der Waals surface area contributed by atoms with E-state index in [0.29, 0.717) is 17.9 Å². The van der Waals surface area contributed by atoms with Crippen LogP contribution in [-0.4, -0.2) is 58.2 Å². The molecule has 0 bridgehead atoms. The van der Waals surface area contributed by atoms with Crippen molar-refractivity contribution < 1.29 is 4.79 Å². The molecule has 2 heterocycles. The van der Waals surface area contributed by atoms with E-state index in [4.69, 9.17) is 12.2 Å². The van der Waals surface area contributed by atoms with E-state index in [-0.39, 0.29) is 11.7 Å². The Hall–Kier alpha value is -0.880. The number of carbonyl (C=O) groups excluding carboxylic acids is 1. The summed E-state index contributed by atoms with van der Waals surface area (Å²) in [4.78, 5) is 17.6. The normalized spacial score (nSPS) is 27.2. The molecule has 0 aromatic carbocycles. The van der Waals surface area contributed by atoms with Crippen LogP contribution < -0.4 is 10.6 Å². The van der Waals surface area contributed by atoms with Gasteiger partial charge in [0.15, 0.2) is 5.11 Å². The minimum atomic E-state index is -0.155. The second kappa shape index (κ2) is 7.39. The van der Waals surface area contributed by atoms with Crippen molar-refractivity contribution in [1.82, 2.24) is 20.4 Å². The van der Waals surface area contributed by atoms with Crippen molar-refractivity contribution in [1.29, 1.82) is 0 Å². The highest BCUT2D eigenvalue weighted by atomic mass is 32.1. The monoisotopic (exact) mass is 366 g/mol. The van der Waals surface area contributed by atoms with Gasteiger partial charge in [-0.2, -0.15) is 0 Å². The molecule has 3 fully saturated rings. The Morgan fingerprint density at radius 3 is 2.48 bits per heavy atom. The van der Waals surface area contributed by atoms with Crippen molar-refractivity contribution in [2.45, 2.75) is 77.5 Å². The van der Waals surface area contributed by atoms with Crippen LogP contribution in [0.1, 0.15) is 59.8 Å². The fourth-order valence-corrected chi connectivity index (χ4v) is 4.50. The van der Waals surface area contributed by atoms with Crippen LogP contribution in [0.25, 0.3) is 0 Å². The molecule has 0 aromatic rings. The Morgan fingerprint density at radius 2 is 1.96 bits per heavy atom. The molecule has 2 saturated heterocycles. The van der Waals surface area contributed by atoms with Gasteiger partial charge in [-0.25, -0.2) is 0 Å².